The lowest BCUT2D eigenvalue weighted by molar-refractivity contribution is -0.121. The molecule has 1 amide bonds. The van der Waals surface area contributed by atoms with Gasteiger partial charge in [0.15, 0.2) is 0 Å². The van der Waals surface area contributed by atoms with Crippen LogP contribution in [-0.4, -0.2) is 13.0 Å². The SMILES string of the molecule is COc1ccccc1C(C)NC(=O)Cc1ccccc1N. The van der Waals surface area contributed by atoms with E-state index in [1.54, 1.807) is 13.2 Å². The van der Waals surface area contributed by atoms with Crippen LogP contribution in [-0.2, 0) is 11.2 Å². The number of nitrogen functional groups attached to an aromatic ring is 1. The zero-order valence-electron chi connectivity index (χ0n) is 12.3. The summed E-state index contributed by atoms with van der Waals surface area (Å²) in [7, 11) is 1.62. The third-order valence-electron chi connectivity index (χ3n) is 3.39. The number of methoxy groups -OCH3 is 1. The summed E-state index contributed by atoms with van der Waals surface area (Å²) in [4.78, 5) is 12.1. The maximum atomic E-state index is 12.1. The van der Waals surface area contributed by atoms with Gasteiger partial charge in [0.25, 0.3) is 0 Å². The van der Waals surface area contributed by atoms with Crippen molar-refractivity contribution in [3.8, 4) is 5.75 Å². The van der Waals surface area contributed by atoms with Crippen LogP contribution in [0.1, 0.15) is 24.1 Å². The number of hydrogen-bond donors (Lipinski definition) is 2. The van der Waals surface area contributed by atoms with E-state index < -0.39 is 0 Å². The number of carbonyl (C=O) groups excluding carboxylic acids is 1. The second-order valence-corrected chi connectivity index (χ2v) is 4.91. The van der Waals surface area contributed by atoms with Crippen molar-refractivity contribution in [2.75, 3.05) is 12.8 Å². The summed E-state index contributed by atoms with van der Waals surface area (Å²) in [5.74, 6) is 0.704. The third-order valence-corrected chi connectivity index (χ3v) is 3.39. The molecule has 0 spiro atoms. The van der Waals surface area contributed by atoms with Gasteiger partial charge in [-0.3, -0.25) is 4.79 Å². The number of benzene rings is 2. The predicted molar refractivity (Wildman–Crippen MR) is 84.1 cm³/mol. The Balaban J connectivity index is 2.04. The quantitative estimate of drug-likeness (QED) is 0.830. The fraction of sp³-hybridized carbons (Fsp3) is 0.235. The summed E-state index contributed by atoms with van der Waals surface area (Å²) in [6.45, 7) is 1.93. The summed E-state index contributed by atoms with van der Waals surface area (Å²) in [5, 5.41) is 2.97. The Kier molecular flexibility index (Phi) is 4.82. The Morgan fingerprint density at radius 3 is 2.57 bits per heavy atom. The molecular weight excluding hydrogens is 264 g/mol. The molecule has 0 heterocycles. The average molecular weight is 284 g/mol. The van der Waals surface area contributed by atoms with Crippen molar-refractivity contribution in [1.29, 1.82) is 0 Å². The Labute approximate surface area is 124 Å². The van der Waals surface area contributed by atoms with Gasteiger partial charge in [-0.1, -0.05) is 36.4 Å². The van der Waals surface area contributed by atoms with E-state index >= 15 is 0 Å². The van der Waals surface area contributed by atoms with Crippen molar-refractivity contribution in [3.05, 3.63) is 59.7 Å². The van der Waals surface area contributed by atoms with Gasteiger partial charge in [0.05, 0.1) is 19.6 Å². The van der Waals surface area contributed by atoms with E-state index in [4.69, 9.17) is 10.5 Å². The topological polar surface area (TPSA) is 64.3 Å². The molecule has 0 aliphatic heterocycles. The van der Waals surface area contributed by atoms with Crippen molar-refractivity contribution in [3.63, 3.8) is 0 Å². The van der Waals surface area contributed by atoms with Gasteiger partial charge in [0.2, 0.25) is 5.91 Å². The molecule has 110 valence electrons. The molecule has 0 fully saturated rings. The molecule has 0 saturated heterocycles. The maximum Gasteiger partial charge on any atom is 0.224 e. The molecular formula is C17H20N2O2. The zero-order chi connectivity index (χ0) is 15.2. The second kappa shape index (κ2) is 6.79. The van der Waals surface area contributed by atoms with Crippen LogP contribution in [0.5, 0.6) is 5.75 Å². The van der Waals surface area contributed by atoms with Gasteiger partial charge >= 0.3 is 0 Å². The number of nitrogens with one attached hydrogen (secondary N) is 1. The normalized spacial score (nSPS) is 11.7. The smallest absolute Gasteiger partial charge is 0.224 e. The molecule has 0 saturated carbocycles. The lowest BCUT2D eigenvalue weighted by Crippen LogP contribution is -2.28. The van der Waals surface area contributed by atoms with Crippen LogP contribution in [0.4, 0.5) is 5.69 Å². The van der Waals surface area contributed by atoms with Crippen LogP contribution in [0.15, 0.2) is 48.5 Å². The maximum absolute atomic E-state index is 12.1. The minimum absolute atomic E-state index is 0.0636. The molecule has 0 aromatic heterocycles. The number of rotatable bonds is 5. The fourth-order valence-corrected chi connectivity index (χ4v) is 2.26. The van der Waals surface area contributed by atoms with Crippen molar-refractivity contribution in [2.24, 2.45) is 0 Å². The number of para-hydroxylation sites is 2. The van der Waals surface area contributed by atoms with Gasteiger partial charge < -0.3 is 15.8 Å². The fourth-order valence-electron chi connectivity index (χ4n) is 2.26. The van der Waals surface area contributed by atoms with Gasteiger partial charge in [0.1, 0.15) is 5.75 Å². The summed E-state index contributed by atoms with van der Waals surface area (Å²) < 4.78 is 5.31. The Morgan fingerprint density at radius 1 is 1.19 bits per heavy atom. The van der Waals surface area contributed by atoms with Crippen molar-refractivity contribution < 1.29 is 9.53 Å². The number of nitrogens with two attached hydrogens (primary N) is 1. The highest BCUT2D eigenvalue weighted by Crippen LogP contribution is 2.24. The molecule has 0 aliphatic rings. The molecule has 4 heteroatoms. The summed E-state index contributed by atoms with van der Waals surface area (Å²) >= 11 is 0. The lowest BCUT2D eigenvalue weighted by atomic mass is 10.1. The van der Waals surface area contributed by atoms with Gasteiger partial charge in [-0.25, -0.2) is 0 Å². The highest BCUT2D eigenvalue weighted by atomic mass is 16.5. The average Bonchev–Trinajstić information content (AvgIpc) is 2.49. The molecule has 3 N–H and O–H groups in total. The Morgan fingerprint density at radius 2 is 1.86 bits per heavy atom. The van der Waals surface area contributed by atoms with Gasteiger partial charge in [-0.05, 0) is 24.6 Å². The Hall–Kier alpha value is -2.49. The van der Waals surface area contributed by atoms with Crippen molar-refractivity contribution >= 4 is 11.6 Å². The molecule has 2 aromatic carbocycles. The highest BCUT2D eigenvalue weighted by molar-refractivity contribution is 5.80. The largest absolute Gasteiger partial charge is 0.496 e. The summed E-state index contributed by atoms with van der Waals surface area (Å²) in [5.41, 5.74) is 8.28. The van der Waals surface area contributed by atoms with E-state index in [-0.39, 0.29) is 18.4 Å². The molecule has 21 heavy (non-hydrogen) atoms. The Bertz CT molecular complexity index is 626. The van der Waals surface area contributed by atoms with Crippen molar-refractivity contribution in [1.82, 2.24) is 5.32 Å². The van der Waals surface area contributed by atoms with Crippen LogP contribution in [0, 0.1) is 0 Å². The van der Waals surface area contributed by atoms with E-state index in [1.165, 1.54) is 0 Å². The molecule has 1 atom stereocenters. The van der Waals surface area contributed by atoms with E-state index in [0.717, 1.165) is 16.9 Å². The standard InChI is InChI=1S/C17H20N2O2/c1-12(14-8-4-6-10-16(14)21-2)19-17(20)11-13-7-3-5-9-15(13)18/h3-10,12H,11,18H2,1-2H3,(H,19,20). The highest BCUT2D eigenvalue weighted by Gasteiger charge is 2.14. The molecule has 4 nitrogen and oxygen atoms in total. The van der Waals surface area contributed by atoms with E-state index in [9.17, 15) is 4.79 Å². The van der Waals surface area contributed by atoms with E-state index in [1.807, 2.05) is 49.4 Å². The molecule has 0 aliphatic carbocycles. The number of anilines is 1. The number of amides is 1. The first-order valence-corrected chi connectivity index (χ1v) is 6.87. The minimum Gasteiger partial charge on any atom is -0.496 e. The van der Waals surface area contributed by atoms with Crippen LogP contribution in [0.3, 0.4) is 0 Å². The predicted octanol–water partition coefficient (Wildman–Crippen LogP) is 2.70. The number of hydrogen-bond acceptors (Lipinski definition) is 3. The lowest BCUT2D eigenvalue weighted by Gasteiger charge is -2.17. The molecule has 0 bridgehead atoms. The van der Waals surface area contributed by atoms with Gasteiger partial charge in [0, 0.05) is 11.3 Å². The summed E-state index contributed by atoms with van der Waals surface area (Å²) in [6, 6.07) is 14.9. The van der Waals surface area contributed by atoms with Gasteiger partial charge in [-0.2, -0.15) is 0 Å². The third kappa shape index (κ3) is 3.75. The molecule has 2 aromatic rings. The van der Waals surface area contributed by atoms with E-state index in [2.05, 4.69) is 5.32 Å². The number of carbonyl (C=O) groups is 1. The van der Waals surface area contributed by atoms with Crippen LogP contribution in [0.2, 0.25) is 0 Å². The second-order valence-electron chi connectivity index (χ2n) is 4.91. The van der Waals surface area contributed by atoms with Crippen LogP contribution < -0.4 is 15.8 Å². The van der Waals surface area contributed by atoms with E-state index in [0.29, 0.717) is 5.69 Å². The first-order valence-electron chi connectivity index (χ1n) is 6.87. The van der Waals surface area contributed by atoms with Crippen LogP contribution in [0.25, 0.3) is 0 Å². The van der Waals surface area contributed by atoms with Crippen molar-refractivity contribution in [2.45, 2.75) is 19.4 Å². The first-order chi connectivity index (χ1) is 10.1. The number of ether oxygens (including phenoxy) is 1. The zero-order valence-corrected chi connectivity index (χ0v) is 12.3. The molecule has 1 unspecified atom stereocenters. The molecule has 2 rings (SSSR count). The van der Waals surface area contributed by atoms with Gasteiger partial charge in [-0.15, -0.1) is 0 Å². The molecule has 0 radical (unpaired) electrons. The minimum atomic E-state index is -0.126. The first kappa shape index (κ1) is 14.9. The monoisotopic (exact) mass is 284 g/mol. The summed E-state index contributed by atoms with van der Waals surface area (Å²) in [6.07, 6.45) is 0.270. The van der Waals surface area contributed by atoms with Crippen LogP contribution >= 0.6 is 0 Å².